The van der Waals surface area contributed by atoms with Crippen LogP contribution in [-0.4, -0.2) is 21.8 Å². The Morgan fingerprint density at radius 1 is 1.20 bits per heavy atom. The monoisotopic (exact) mass is 293 g/mol. The summed E-state index contributed by atoms with van der Waals surface area (Å²) >= 11 is 1.16. The minimum absolute atomic E-state index is 0.251. The topological polar surface area (TPSA) is 38.3 Å². The lowest BCUT2D eigenvalue weighted by molar-refractivity contribution is 0.296. The molecule has 0 amide bonds. The van der Waals surface area contributed by atoms with Gasteiger partial charge in [0.05, 0.1) is 11.7 Å². The van der Waals surface area contributed by atoms with E-state index in [1.807, 2.05) is 6.07 Å². The van der Waals surface area contributed by atoms with Gasteiger partial charge in [-0.3, -0.25) is 0 Å². The zero-order valence-corrected chi connectivity index (χ0v) is 11.9. The second-order valence-corrected chi connectivity index (χ2v) is 5.39. The van der Waals surface area contributed by atoms with Gasteiger partial charge < -0.3 is 9.64 Å². The number of anilines is 1. The van der Waals surface area contributed by atoms with Crippen LogP contribution in [0.2, 0.25) is 0 Å². The molecule has 2 aromatic rings. The molecule has 2 heterocycles. The molecule has 1 fully saturated rings. The molecule has 0 spiro atoms. The lowest BCUT2D eigenvalue weighted by Crippen LogP contribution is -2.30. The molecule has 0 radical (unpaired) electrons. The van der Waals surface area contributed by atoms with Gasteiger partial charge in [0.2, 0.25) is 5.82 Å². The molecular weight excluding hydrogens is 277 g/mol. The Morgan fingerprint density at radius 2 is 2.05 bits per heavy atom. The van der Waals surface area contributed by atoms with Gasteiger partial charge in [-0.05, 0) is 37.0 Å². The molecule has 1 aromatic heterocycles. The van der Waals surface area contributed by atoms with Crippen LogP contribution < -0.4 is 9.64 Å². The first-order valence-corrected chi connectivity index (χ1v) is 7.51. The molecule has 1 aliphatic heterocycles. The number of rotatable bonds is 4. The third kappa shape index (κ3) is 3.07. The SMILES string of the molecule is Fc1cccc(COc2nsnc2N2CCCCC2)c1. The van der Waals surface area contributed by atoms with Crippen molar-refractivity contribution in [1.29, 1.82) is 0 Å². The Balaban J connectivity index is 1.67. The van der Waals surface area contributed by atoms with E-state index in [1.165, 1.54) is 31.4 Å². The van der Waals surface area contributed by atoms with E-state index in [2.05, 4.69) is 13.6 Å². The summed E-state index contributed by atoms with van der Waals surface area (Å²) in [5, 5.41) is 0. The van der Waals surface area contributed by atoms with Crippen LogP contribution >= 0.6 is 11.7 Å². The molecule has 0 aliphatic carbocycles. The average molecular weight is 293 g/mol. The van der Waals surface area contributed by atoms with Crippen LogP contribution in [0.4, 0.5) is 10.2 Å². The number of aromatic nitrogens is 2. The average Bonchev–Trinajstić information content (AvgIpc) is 2.95. The van der Waals surface area contributed by atoms with Crippen LogP contribution in [-0.2, 0) is 6.61 Å². The van der Waals surface area contributed by atoms with Crippen molar-refractivity contribution < 1.29 is 9.13 Å². The van der Waals surface area contributed by atoms with E-state index >= 15 is 0 Å². The summed E-state index contributed by atoms with van der Waals surface area (Å²) in [5.41, 5.74) is 0.794. The quantitative estimate of drug-likeness (QED) is 0.867. The Morgan fingerprint density at radius 3 is 2.85 bits per heavy atom. The summed E-state index contributed by atoms with van der Waals surface area (Å²) in [5.74, 6) is 1.13. The van der Waals surface area contributed by atoms with E-state index in [1.54, 1.807) is 6.07 Å². The van der Waals surface area contributed by atoms with Crippen molar-refractivity contribution in [3.8, 4) is 5.88 Å². The number of piperidine rings is 1. The van der Waals surface area contributed by atoms with E-state index in [0.717, 1.165) is 36.2 Å². The lowest BCUT2D eigenvalue weighted by atomic mass is 10.1. The number of hydrogen-bond donors (Lipinski definition) is 0. The molecule has 20 heavy (non-hydrogen) atoms. The second-order valence-electron chi connectivity index (χ2n) is 4.86. The van der Waals surface area contributed by atoms with Crippen LogP contribution in [0.25, 0.3) is 0 Å². The number of ether oxygens (including phenoxy) is 1. The highest BCUT2D eigenvalue weighted by molar-refractivity contribution is 6.99. The number of nitrogens with zero attached hydrogens (tertiary/aromatic N) is 3. The normalized spacial score (nSPS) is 15.3. The third-order valence-corrected chi connectivity index (χ3v) is 3.86. The van der Waals surface area contributed by atoms with E-state index in [4.69, 9.17) is 4.74 Å². The maximum absolute atomic E-state index is 13.1. The lowest BCUT2D eigenvalue weighted by Gasteiger charge is -2.26. The summed E-state index contributed by atoms with van der Waals surface area (Å²) in [6, 6.07) is 6.41. The van der Waals surface area contributed by atoms with E-state index < -0.39 is 0 Å². The maximum Gasteiger partial charge on any atom is 0.271 e. The van der Waals surface area contributed by atoms with Crippen molar-refractivity contribution in [2.75, 3.05) is 18.0 Å². The fourth-order valence-corrected chi connectivity index (χ4v) is 2.86. The number of hydrogen-bond acceptors (Lipinski definition) is 5. The molecule has 0 saturated carbocycles. The van der Waals surface area contributed by atoms with E-state index in [9.17, 15) is 4.39 Å². The summed E-state index contributed by atoms with van der Waals surface area (Å²) < 4.78 is 27.3. The Labute approximate surface area is 121 Å². The van der Waals surface area contributed by atoms with Gasteiger partial charge in [-0.25, -0.2) is 4.39 Å². The van der Waals surface area contributed by atoms with Gasteiger partial charge in [-0.1, -0.05) is 12.1 Å². The molecular formula is C14H16FN3OS. The molecule has 6 heteroatoms. The van der Waals surface area contributed by atoms with Gasteiger partial charge in [-0.15, -0.1) is 4.37 Å². The number of halogens is 1. The van der Waals surface area contributed by atoms with Crippen LogP contribution in [0.15, 0.2) is 24.3 Å². The molecule has 0 unspecified atom stereocenters. The maximum atomic E-state index is 13.1. The van der Waals surface area contributed by atoms with Crippen molar-refractivity contribution in [2.45, 2.75) is 25.9 Å². The highest BCUT2D eigenvalue weighted by Gasteiger charge is 2.19. The fourth-order valence-electron chi connectivity index (χ4n) is 2.34. The fraction of sp³-hybridized carbons (Fsp3) is 0.429. The molecule has 3 rings (SSSR count). The molecule has 1 aromatic carbocycles. The van der Waals surface area contributed by atoms with Crippen LogP contribution in [0.1, 0.15) is 24.8 Å². The second kappa shape index (κ2) is 6.17. The Kier molecular flexibility index (Phi) is 4.11. The Hall–Kier alpha value is -1.69. The van der Waals surface area contributed by atoms with Gasteiger partial charge in [0, 0.05) is 13.1 Å². The minimum Gasteiger partial charge on any atom is -0.470 e. The van der Waals surface area contributed by atoms with E-state index in [-0.39, 0.29) is 5.82 Å². The molecule has 1 saturated heterocycles. The van der Waals surface area contributed by atoms with Gasteiger partial charge in [0.1, 0.15) is 12.4 Å². The van der Waals surface area contributed by atoms with Gasteiger partial charge in [0.25, 0.3) is 5.88 Å². The summed E-state index contributed by atoms with van der Waals surface area (Å²) in [7, 11) is 0. The zero-order chi connectivity index (χ0) is 13.8. The highest BCUT2D eigenvalue weighted by Crippen LogP contribution is 2.28. The molecule has 1 aliphatic rings. The van der Waals surface area contributed by atoms with Gasteiger partial charge in [-0.2, -0.15) is 4.37 Å². The van der Waals surface area contributed by atoms with E-state index in [0.29, 0.717) is 12.5 Å². The predicted molar refractivity (Wildman–Crippen MR) is 76.7 cm³/mol. The minimum atomic E-state index is -0.251. The van der Waals surface area contributed by atoms with Crippen LogP contribution in [0, 0.1) is 5.82 Å². The molecule has 0 atom stereocenters. The molecule has 0 bridgehead atoms. The van der Waals surface area contributed by atoms with Crippen LogP contribution in [0.3, 0.4) is 0 Å². The molecule has 106 valence electrons. The van der Waals surface area contributed by atoms with Crippen molar-refractivity contribution in [3.05, 3.63) is 35.6 Å². The number of benzene rings is 1. The van der Waals surface area contributed by atoms with Gasteiger partial charge in [0.15, 0.2) is 0 Å². The summed E-state index contributed by atoms with van der Waals surface area (Å²) in [4.78, 5) is 2.22. The highest BCUT2D eigenvalue weighted by atomic mass is 32.1. The van der Waals surface area contributed by atoms with Crippen molar-refractivity contribution in [2.24, 2.45) is 0 Å². The predicted octanol–water partition coefficient (Wildman–Crippen LogP) is 3.25. The zero-order valence-electron chi connectivity index (χ0n) is 11.1. The first kappa shape index (κ1) is 13.3. The summed E-state index contributed by atoms with van der Waals surface area (Å²) in [6.07, 6.45) is 3.63. The Bertz CT molecular complexity index is 569. The molecule has 0 N–H and O–H groups in total. The standard InChI is InChI=1S/C14H16FN3OS/c15-12-6-4-5-11(9-12)10-19-14-13(16-20-17-14)18-7-2-1-3-8-18/h4-6,9H,1-3,7-8,10H2. The van der Waals surface area contributed by atoms with Crippen molar-refractivity contribution in [3.63, 3.8) is 0 Å². The summed E-state index contributed by atoms with van der Waals surface area (Å²) in [6.45, 7) is 2.31. The largest absolute Gasteiger partial charge is 0.470 e. The first-order chi connectivity index (χ1) is 9.83. The molecule has 4 nitrogen and oxygen atoms in total. The third-order valence-electron chi connectivity index (χ3n) is 3.36. The van der Waals surface area contributed by atoms with Crippen LogP contribution in [0.5, 0.6) is 5.88 Å². The first-order valence-electron chi connectivity index (χ1n) is 6.78. The van der Waals surface area contributed by atoms with Crippen molar-refractivity contribution in [1.82, 2.24) is 8.75 Å². The van der Waals surface area contributed by atoms with Crippen molar-refractivity contribution >= 4 is 17.5 Å². The van der Waals surface area contributed by atoms with Gasteiger partial charge >= 0.3 is 0 Å². The smallest absolute Gasteiger partial charge is 0.271 e.